The number of carboxylic acids is 1. The van der Waals surface area contributed by atoms with Crippen molar-refractivity contribution in [3.8, 4) is 0 Å². The van der Waals surface area contributed by atoms with E-state index in [1.165, 1.54) is 10.9 Å². The summed E-state index contributed by atoms with van der Waals surface area (Å²) in [6.07, 6.45) is 2.97. The van der Waals surface area contributed by atoms with Crippen molar-refractivity contribution in [3.05, 3.63) is 35.5 Å². The summed E-state index contributed by atoms with van der Waals surface area (Å²) in [5.74, 6) is -0.754. The van der Waals surface area contributed by atoms with Gasteiger partial charge in [0.1, 0.15) is 0 Å². The molecule has 3 heteroatoms. The molecular weight excluding hydrogens is 214 g/mol. The lowest BCUT2D eigenvalue weighted by Crippen LogP contribution is -1.97. The van der Waals surface area contributed by atoms with E-state index in [0.29, 0.717) is 6.42 Å². The van der Waals surface area contributed by atoms with Gasteiger partial charge in [0.25, 0.3) is 0 Å². The molecule has 1 aromatic carbocycles. The zero-order valence-electron chi connectivity index (χ0n) is 9.99. The number of carboxylic acid groups (broad SMARTS) is 1. The lowest BCUT2D eigenvalue weighted by Gasteiger charge is -1.97. The Morgan fingerprint density at radius 2 is 2.12 bits per heavy atom. The molecule has 2 rings (SSSR count). The molecule has 0 atom stereocenters. The number of aromatic amines is 1. The fourth-order valence-corrected chi connectivity index (χ4v) is 2.06. The molecule has 90 valence electrons. The van der Waals surface area contributed by atoms with Crippen LogP contribution in [0.15, 0.2) is 24.3 Å². The van der Waals surface area contributed by atoms with E-state index in [1.54, 1.807) is 0 Å². The average Bonchev–Trinajstić information content (AvgIpc) is 2.69. The van der Waals surface area contributed by atoms with Crippen LogP contribution < -0.4 is 0 Å². The third-order valence-electron chi connectivity index (χ3n) is 2.89. The highest BCUT2D eigenvalue weighted by molar-refractivity contribution is 5.81. The minimum absolute atomic E-state index is 0.175. The van der Waals surface area contributed by atoms with E-state index in [9.17, 15) is 4.79 Å². The number of aryl methyl sites for hydroxylation is 2. The fraction of sp³-hybridized carbons (Fsp3) is 0.357. The number of carbonyl (C=O) groups is 1. The van der Waals surface area contributed by atoms with Gasteiger partial charge in [0.15, 0.2) is 0 Å². The molecule has 0 amide bonds. The van der Waals surface area contributed by atoms with Gasteiger partial charge in [-0.15, -0.1) is 0 Å². The summed E-state index contributed by atoms with van der Waals surface area (Å²) in [7, 11) is 0. The first kappa shape index (κ1) is 11.7. The second-order valence-electron chi connectivity index (χ2n) is 4.36. The van der Waals surface area contributed by atoms with Gasteiger partial charge in [-0.1, -0.05) is 19.4 Å². The Hall–Kier alpha value is -1.77. The highest BCUT2D eigenvalue weighted by Gasteiger charge is 2.04. The molecule has 2 N–H and O–H groups in total. The molecule has 0 spiro atoms. The fourth-order valence-electron chi connectivity index (χ4n) is 2.06. The topological polar surface area (TPSA) is 53.1 Å². The monoisotopic (exact) mass is 231 g/mol. The van der Waals surface area contributed by atoms with Gasteiger partial charge in [0, 0.05) is 11.2 Å². The Kier molecular flexibility index (Phi) is 3.47. The third kappa shape index (κ3) is 2.87. The molecule has 0 bridgehead atoms. The van der Waals surface area contributed by atoms with Crippen molar-refractivity contribution in [3.63, 3.8) is 0 Å². The first-order chi connectivity index (χ1) is 8.19. The van der Waals surface area contributed by atoms with Crippen LogP contribution in [0.5, 0.6) is 0 Å². The van der Waals surface area contributed by atoms with Gasteiger partial charge in [0.2, 0.25) is 0 Å². The van der Waals surface area contributed by atoms with Crippen molar-refractivity contribution >= 4 is 16.9 Å². The van der Waals surface area contributed by atoms with Crippen molar-refractivity contribution in [2.75, 3.05) is 0 Å². The molecule has 1 aromatic heterocycles. The first-order valence-corrected chi connectivity index (χ1v) is 6.01. The highest BCUT2D eigenvalue weighted by atomic mass is 16.4. The van der Waals surface area contributed by atoms with Crippen LogP contribution in [-0.2, 0) is 17.6 Å². The van der Waals surface area contributed by atoms with E-state index in [4.69, 9.17) is 5.11 Å². The molecule has 0 unspecified atom stereocenters. The molecule has 17 heavy (non-hydrogen) atoms. The summed E-state index contributed by atoms with van der Waals surface area (Å²) >= 11 is 0. The molecule has 3 nitrogen and oxygen atoms in total. The van der Waals surface area contributed by atoms with Gasteiger partial charge < -0.3 is 10.1 Å². The summed E-state index contributed by atoms with van der Waals surface area (Å²) in [6, 6.07) is 8.44. The third-order valence-corrected chi connectivity index (χ3v) is 2.89. The van der Waals surface area contributed by atoms with Crippen molar-refractivity contribution in [2.24, 2.45) is 0 Å². The van der Waals surface area contributed by atoms with E-state index in [0.717, 1.165) is 24.1 Å². The summed E-state index contributed by atoms with van der Waals surface area (Å²) in [4.78, 5) is 13.8. The van der Waals surface area contributed by atoms with Crippen molar-refractivity contribution in [1.29, 1.82) is 0 Å². The minimum Gasteiger partial charge on any atom is -0.481 e. The molecule has 0 fully saturated rings. The van der Waals surface area contributed by atoms with Gasteiger partial charge in [-0.05, 0) is 42.0 Å². The van der Waals surface area contributed by atoms with Crippen molar-refractivity contribution < 1.29 is 9.90 Å². The Labute approximate surface area is 100 Å². The maximum Gasteiger partial charge on any atom is 0.303 e. The van der Waals surface area contributed by atoms with Crippen LogP contribution in [0.1, 0.15) is 31.0 Å². The average molecular weight is 231 g/mol. The number of rotatable bonds is 5. The van der Waals surface area contributed by atoms with E-state index in [2.05, 4.69) is 36.2 Å². The van der Waals surface area contributed by atoms with Gasteiger partial charge in [0.05, 0.1) is 6.42 Å². The Balaban J connectivity index is 2.21. The van der Waals surface area contributed by atoms with Crippen LogP contribution in [0, 0.1) is 0 Å². The van der Waals surface area contributed by atoms with Crippen molar-refractivity contribution in [2.45, 2.75) is 32.6 Å². The quantitative estimate of drug-likeness (QED) is 0.830. The van der Waals surface area contributed by atoms with E-state index >= 15 is 0 Å². The lowest BCUT2D eigenvalue weighted by molar-refractivity contribution is -0.136. The van der Waals surface area contributed by atoms with E-state index in [-0.39, 0.29) is 6.42 Å². The number of nitrogens with one attached hydrogen (secondary N) is 1. The molecule has 0 saturated carbocycles. The second kappa shape index (κ2) is 5.04. The molecule has 0 saturated heterocycles. The summed E-state index contributed by atoms with van der Waals surface area (Å²) in [5.41, 5.74) is 3.42. The number of aliphatic carboxylic acids is 1. The van der Waals surface area contributed by atoms with Crippen LogP contribution in [0.25, 0.3) is 10.9 Å². The van der Waals surface area contributed by atoms with Crippen LogP contribution in [0.2, 0.25) is 0 Å². The molecule has 0 radical (unpaired) electrons. The van der Waals surface area contributed by atoms with Crippen LogP contribution in [0.3, 0.4) is 0 Å². The van der Waals surface area contributed by atoms with Crippen LogP contribution >= 0.6 is 0 Å². The van der Waals surface area contributed by atoms with Gasteiger partial charge >= 0.3 is 5.97 Å². The Morgan fingerprint density at radius 1 is 1.29 bits per heavy atom. The van der Waals surface area contributed by atoms with Gasteiger partial charge in [-0.25, -0.2) is 0 Å². The summed E-state index contributed by atoms with van der Waals surface area (Å²) in [6.45, 7) is 2.17. The second-order valence-corrected chi connectivity index (χ2v) is 4.36. The van der Waals surface area contributed by atoms with Crippen LogP contribution in [0.4, 0.5) is 0 Å². The zero-order valence-corrected chi connectivity index (χ0v) is 9.99. The predicted molar refractivity (Wildman–Crippen MR) is 68.3 cm³/mol. The normalized spacial score (nSPS) is 10.9. The highest BCUT2D eigenvalue weighted by Crippen LogP contribution is 2.19. The number of hydrogen-bond donors (Lipinski definition) is 2. The Morgan fingerprint density at radius 3 is 2.82 bits per heavy atom. The Bertz CT molecular complexity index is 528. The van der Waals surface area contributed by atoms with E-state index < -0.39 is 5.97 Å². The van der Waals surface area contributed by atoms with Gasteiger partial charge in [-0.2, -0.15) is 0 Å². The number of H-pyrrole nitrogens is 1. The molecule has 0 aliphatic heterocycles. The largest absolute Gasteiger partial charge is 0.481 e. The minimum atomic E-state index is -0.754. The van der Waals surface area contributed by atoms with Crippen LogP contribution in [-0.4, -0.2) is 16.1 Å². The maximum absolute atomic E-state index is 10.5. The summed E-state index contributed by atoms with van der Waals surface area (Å²) in [5, 5.41) is 9.83. The smallest absolute Gasteiger partial charge is 0.303 e. The standard InChI is InChI=1S/C14H17NO2/c1-2-3-10-4-6-13-11(8-10)9-12(15-13)5-7-14(16)17/h4,6,8-9,15H,2-3,5,7H2,1H3,(H,16,17). The number of fused-ring (bicyclic) bond motifs is 1. The molecule has 2 aromatic rings. The molecule has 0 aliphatic rings. The SMILES string of the molecule is CCCc1ccc2[nH]c(CCC(=O)O)cc2c1. The predicted octanol–water partition coefficient (Wildman–Crippen LogP) is 3.14. The first-order valence-electron chi connectivity index (χ1n) is 6.01. The molecule has 1 heterocycles. The van der Waals surface area contributed by atoms with Gasteiger partial charge in [-0.3, -0.25) is 4.79 Å². The van der Waals surface area contributed by atoms with E-state index in [1.807, 2.05) is 0 Å². The lowest BCUT2D eigenvalue weighted by atomic mass is 10.1. The number of aromatic nitrogens is 1. The molecular formula is C14H17NO2. The number of hydrogen-bond acceptors (Lipinski definition) is 1. The molecule has 0 aliphatic carbocycles. The summed E-state index contributed by atoms with van der Waals surface area (Å²) < 4.78 is 0. The zero-order chi connectivity index (χ0) is 12.3. The number of benzene rings is 1. The van der Waals surface area contributed by atoms with Crippen molar-refractivity contribution in [1.82, 2.24) is 4.98 Å². The maximum atomic E-state index is 10.5.